The monoisotopic (exact) mass is 301 g/mol. The minimum absolute atomic E-state index is 0.270. The van der Waals surface area contributed by atoms with Crippen LogP contribution in [0.4, 0.5) is 13.2 Å². The van der Waals surface area contributed by atoms with E-state index in [2.05, 4.69) is 18.7 Å². The minimum atomic E-state index is -4.30. The maximum Gasteiger partial charge on any atom is 0.416 e. The molecule has 21 heavy (non-hydrogen) atoms. The number of rotatable bonds is 4. The zero-order valence-electron chi connectivity index (χ0n) is 12.5. The van der Waals surface area contributed by atoms with Gasteiger partial charge in [-0.05, 0) is 36.6 Å². The normalized spacial score (nSPS) is 21.0. The Labute approximate surface area is 123 Å². The van der Waals surface area contributed by atoms with Crippen molar-refractivity contribution < 1.29 is 17.9 Å². The molecule has 0 aliphatic carbocycles. The average molecular weight is 301 g/mol. The first kappa shape index (κ1) is 16.3. The molecule has 0 saturated carbocycles. The number of nitrogens with zero attached hydrogens (tertiary/aromatic N) is 1. The van der Waals surface area contributed by atoms with Gasteiger partial charge in [-0.2, -0.15) is 13.2 Å². The summed E-state index contributed by atoms with van der Waals surface area (Å²) >= 11 is 0. The number of alkyl halides is 3. The van der Waals surface area contributed by atoms with Crippen molar-refractivity contribution in [2.24, 2.45) is 5.92 Å². The van der Waals surface area contributed by atoms with Crippen LogP contribution >= 0.6 is 0 Å². The van der Waals surface area contributed by atoms with Gasteiger partial charge in [-0.1, -0.05) is 26.0 Å². The second kappa shape index (κ2) is 6.79. The average Bonchev–Trinajstić information content (AvgIpc) is 2.45. The van der Waals surface area contributed by atoms with Gasteiger partial charge < -0.3 is 4.74 Å². The Bertz CT molecular complexity index is 459. The Morgan fingerprint density at radius 3 is 2.76 bits per heavy atom. The summed E-state index contributed by atoms with van der Waals surface area (Å²) in [4.78, 5) is 2.27. The van der Waals surface area contributed by atoms with E-state index in [0.29, 0.717) is 24.6 Å². The molecule has 5 heteroatoms. The van der Waals surface area contributed by atoms with Crippen molar-refractivity contribution in [2.45, 2.75) is 32.5 Å². The molecule has 1 aliphatic rings. The second-order valence-electron chi connectivity index (χ2n) is 5.97. The van der Waals surface area contributed by atoms with Crippen LogP contribution < -0.4 is 0 Å². The van der Waals surface area contributed by atoms with E-state index < -0.39 is 11.7 Å². The van der Waals surface area contributed by atoms with E-state index in [1.807, 2.05) is 0 Å². The summed E-state index contributed by atoms with van der Waals surface area (Å²) in [7, 11) is 0. The summed E-state index contributed by atoms with van der Waals surface area (Å²) in [6.45, 7) is 7.39. The second-order valence-corrected chi connectivity index (χ2v) is 5.97. The Morgan fingerprint density at radius 2 is 2.10 bits per heavy atom. The van der Waals surface area contributed by atoms with Crippen LogP contribution in [0.15, 0.2) is 24.3 Å². The number of morpholine rings is 1. The summed E-state index contributed by atoms with van der Waals surface area (Å²) in [5.41, 5.74) is 0.00183. The van der Waals surface area contributed by atoms with Crippen LogP contribution in [-0.2, 0) is 10.9 Å². The van der Waals surface area contributed by atoms with Crippen molar-refractivity contribution in [2.75, 3.05) is 26.2 Å². The van der Waals surface area contributed by atoms with Crippen LogP contribution in [-0.4, -0.2) is 31.1 Å². The molecule has 1 atom stereocenters. The van der Waals surface area contributed by atoms with Crippen LogP contribution in [0, 0.1) is 5.92 Å². The molecule has 118 valence electrons. The van der Waals surface area contributed by atoms with Crippen molar-refractivity contribution >= 4 is 0 Å². The largest absolute Gasteiger partial charge is 0.416 e. The minimum Gasteiger partial charge on any atom is -0.371 e. The molecule has 0 aromatic heterocycles. The highest BCUT2D eigenvalue weighted by Gasteiger charge is 2.31. The van der Waals surface area contributed by atoms with Crippen molar-refractivity contribution in [3.05, 3.63) is 35.4 Å². The molecule has 2 nitrogen and oxygen atoms in total. The fraction of sp³-hybridized carbons (Fsp3) is 0.625. The van der Waals surface area contributed by atoms with Crippen LogP contribution in [0.1, 0.15) is 37.5 Å². The SMILES string of the molecule is CC(C)CCN1CCOC(c2cccc(C(F)(F)F)c2)C1. The Kier molecular flexibility index (Phi) is 5.27. The lowest BCUT2D eigenvalue weighted by Crippen LogP contribution is -2.39. The summed E-state index contributed by atoms with van der Waals surface area (Å²) in [6.07, 6.45) is -3.48. The van der Waals surface area contributed by atoms with Gasteiger partial charge in [0.1, 0.15) is 0 Å². The first-order valence-corrected chi connectivity index (χ1v) is 7.37. The number of benzene rings is 1. The molecule has 0 N–H and O–H groups in total. The fourth-order valence-corrected chi connectivity index (χ4v) is 2.46. The maximum absolute atomic E-state index is 12.8. The maximum atomic E-state index is 12.8. The molecule has 1 unspecified atom stereocenters. The highest BCUT2D eigenvalue weighted by atomic mass is 19.4. The summed E-state index contributed by atoms with van der Waals surface area (Å²) < 4.78 is 44.0. The highest BCUT2D eigenvalue weighted by molar-refractivity contribution is 5.27. The molecule has 1 aliphatic heterocycles. The molecule has 1 aromatic carbocycles. The topological polar surface area (TPSA) is 12.5 Å². The van der Waals surface area contributed by atoms with Gasteiger partial charge in [-0.25, -0.2) is 0 Å². The summed E-state index contributed by atoms with van der Waals surface area (Å²) in [5.74, 6) is 0.625. The van der Waals surface area contributed by atoms with Gasteiger partial charge in [-0.15, -0.1) is 0 Å². The first-order chi connectivity index (χ1) is 9.86. The van der Waals surface area contributed by atoms with E-state index in [9.17, 15) is 13.2 Å². The van der Waals surface area contributed by atoms with Gasteiger partial charge in [0, 0.05) is 13.1 Å². The summed E-state index contributed by atoms with van der Waals surface area (Å²) in [6, 6.07) is 5.47. The quantitative estimate of drug-likeness (QED) is 0.829. The Balaban J connectivity index is 2.04. The Morgan fingerprint density at radius 1 is 1.33 bits per heavy atom. The number of hydrogen-bond acceptors (Lipinski definition) is 2. The molecular weight excluding hydrogens is 279 g/mol. The van der Waals surface area contributed by atoms with Gasteiger partial charge in [0.05, 0.1) is 18.3 Å². The lowest BCUT2D eigenvalue weighted by atomic mass is 10.0. The van der Waals surface area contributed by atoms with Crippen LogP contribution in [0.5, 0.6) is 0 Å². The standard InChI is InChI=1S/C16H22F3NO/c1-12(2)6-7-20-8-9-21-15(11-20)13-4-3-5-14(10-13)16(17,18)19/h3-5,10,12,15H,6-9,11H2,1-2H3. The molecule has 1 saturated heterocycles. The molecule has 1 fully saturated rings. The first-order valence-electron chi connectivity index (χ1n) is 7.37. The number of halogens is 3. The fourth-order valence-electron chi connectivity index (χ4n) is 2.46. The molecular formula is C16H22F3NO. The van der Waals surface area contributed by atoms with E-state index in [0.717, 1.165) is 25.6 Å². The molecule has 2 rings (SSSR count). The third-order valence-electron chi connectivity index (χ3n) is 3.76. The van der Waals surface area contributed by atoms with Crippen LogP contribution in [0.3, 0.4) is 0 Å². The van der Waals surface area contributed by atoms with Gasteiger partial charge in [0.15, 0.2) is 0 Å². The van der Waals surface area contributed by atoms with E-state index >= 15 is 0 Å². The van der Waals surface area contributed by atoms with Gasteiger partial charge in [0.25, 0.3) is 0 Å². The van der Waals surface area contributed by atoms with E-state index in [-0.39, 0.29) is 6.10 Å². The molecule has 0 spiro atoms. The van der Waals surface area contributed by atoms with E-state index in [4.69, 9.17) is 4.74 Å². The zero-order chi connectivity index (χ0) is 15.5. The smallest absolute Gasteiger partial charge is 0.371 e. The van der Waals surface area contributed by atoms with Crippen LogP contribution in [0.25, 0.3) is 0 Å². The molecule has 1 heterocycles. The predicted molar refractivity (Wildman–Crippen MR) is 76.0 cm³/mol. The summed E-state index contributed by atoms with van der Waals surface area (Å²) in [5, 5.41) is 0. The van der Waals surface area contributed by atoms with Crippen LogP contribution in [0.2, 0.25) is 0 Å². The zero-order valence-corrected chi connectivity index (χ0v) is 12.5. The van der Waals surface area contributed by atoms with Gasteiger partial charge >= 0.3 is 6.18 Å². The highest BCUT2D eigenvalue weighted by Crippen LogP contribution is 2.32. The molecule has 1 aromatic rings. The molecule has 0 amide bonds. The van der Waals surface area contributed by atoms with E-state index in [1.54, 1.807) is 6.07 Å². The Hall–Kier alpha value is -1.07. The van der Waals surface area contributed by atoms with Crippen molar-refractivity contribution in [1.29, 1.82) is 0 Å². The van der Waals surface area contributed by atoms with Gasteiger partial charge in [-0.3, -0.25) is 4.90 Å². The molecule has 0 bridgehead atoms. The lowest BCUT2D eigenvalue weighted by Gasteiger charge is -2.33. The molecule has 0 radical (unpaired) electrons. The predicted octanol–water partition coefficient (Wildman–Crippen LogP) is 4.12. The van der Waals surface area contributed by atoms with E-state index in [1.165, 1.54) is 12.1 Å². The lowest BCUT2D eigenvalue weighted by molar-refractivity contribution is -0.137. The third-order valence-corrected chi connectivity index (χ3v) is 3.76. The van der Waals surface area contributed by atoms with Crippen molar-refractivity contribution in [3.63, 3.8) is 0 Å². The number of ether oxygens (including phenoxy) is 1. The van der Waals surface area contributed by atoms with Crippen molar-refractivity contribution in [3.8, 4) is 0 Å². The third kappa shape index (κ3) is 4.71. The van der Waals surface area contributed by atoms with Gasteiger partial charge in [0.2, 0.25) is 0 Å². The number of hydrogen-bond donors (Lipinski definition) is 0. The van der Waals surface area contributed by atoms with Crippen molar-refractivity contribution in [1.82, 2.24) is 4.90 Å².